The van der Waals surface area contributed by atoms with Gasteiger partial charge in [0, 0.05) is 17.0 Å². The number of nitrogens with zero attached hydrogens (tertiary/aromatic N) is 3. The zero-order chi connectivity index (χ0) is 19.2. The Kier molecular flexibility index (Phi) is 5.84. The number of aromatic nitrogens is 2. The van der Waals surface area contributed by atoms with Gasteiger partial charge in [0.2, 0.25) is 0 Å². The van der Waals surface area contributed by atoms with E-state index in [0.717, 1.165) is 16.9 Å². The lowest BCUT2D eigenvalue weighted by Gasteiger charge is -2.12. The van der Waals surface area contributed by atoms with Crippen LogP contribution in [0.4, 0.5) is 0 Å². The highest BCUT2D eigenvalue weighted by molar-refractivity contribution is 7.99. The molecule has 1 unspecified atom stereocenters. The minimum absolute atomic E-state index is 0.0690. The van der Waals surface area contributed by atoms with Crippen LogP contribution in [0.3, 0.4) is 0 Å². The summed E-state index contributed by atoms with van der Waals surface area (Å²) in [5.74, 6) is -1.18. The Hall–Kier alpha value is -3.17. The van der Waals surface area contributed by atoms with Crippen molar-refractivity contribution in [2.45, 2.75) is 12.1 Å². The average molecular weight is 374 g/mol. The summed E-state index contributed by atoms with van der Waals surface area (Å²) in [6.45, 7) is 1.48. The van der Waals surface area contributed by atoms with Gasteiger partial charge in [-0.2, -0.15) is 5.26 Å². The molecule has 0 radical (unpaired) electrons. The molecule has 0 bridgehead atoms. The number of rotatable bonds is 7. The third-order valence-electron chi connectivity index (χ3n) is 4.04. The fraction of sp³-hybridized carbons (Fsp3) is 0.143. The first kappa shape index (κ1) is 18.6. The molecule has 0 aliphatic heterocycles. The molecule has 0 aliphatic rings. The van der Waals surface area contributed by atoms with Crippen LogP contribution in [0.25, 0.3) is 16.9 Å². The molecule has 3 aromatic rings. The number of thioether (sulfide) groups is 1. The summed E-state index contributed by atoms with van der Waals surface area (Å²) >= 11 is 1.28. The minimum Gasteiger partial charge on any atom is -0.308 e. The molecule has 0 spiro atoms. The van der Waals surface area contributed by atoms with E-state index < -0.39 is 5.92 Å². The predicted octanol–water partition coefficient (Wildman–Crippen LogP) is 4.38. The highest BCUT2D eigenvalue weighted by atomic mass is 32.2. The van der Waals surface area contributed by atoms with E-state index in [4.69, 9.17) is 10.7 Å². The molecule has 1 atom stereocenters. The van der Waals surface area contributed by atoms with Gasteiger partial charge in [-0.25, -0.2) is 4.98 Å². The van der Waals surface area contributed by atoms with Crippen molar-refractivity contribution < 1.29 is 4.79 Å². The maximum Gasteiger partial charge on any atom is 0.173 e. The van der Waals surface area contributed by atoms with Gasteiger partial charge in [0.15, 0.2) is 10.9 Å². The van der Waals surface area contributed by atoms with E-state index >= 15 is 0 Å². The quantitative estimate of drug-likeness (QED) is 0.491. The molecule has 1 N–H and O–H groups in total. The smallest absolute Gasteiger partial charge is 0.173 e. The highest BCUT2D eigenvalue weighted by Gasteiger charge is 2.22. The molecular weight excluding hydrogens is 356 g/mol. The van der Waals surface area contributed by atoms with Crippen molar-refractivity contribution >= 4 is 23.3 Å². The van der Waals surface area contributed by atoms with Crippen molar-refractivity contribution in [3.63, 3.8) is 0 Å². The van der Waals surface area contributed by atoms with Gasteiger partial charge in [-0.15, -0.1) is 0 Å². The Morgan fingerprint density at radius 1 is 1.19 bits per heavy atom. The first-order valence-corrected chi connectivity index (χ1v) is 9.39. The van der Waals surface area contributed by atoms with Crippen LogP contribution in [0.15, 0.2) is 72.0 Å². The van der Waals surface area contributed by atoms with Gasteiger partial charge in [0.05, 0.1) is 23.7 Å². The number of ketones is 1. The maximum absolute atomic E-state index is 12.3. The van der Waals surface area contributed by atoms with Crippen LogP contribution >= 0.6 is 11.8 Å². The Morgan fingerprint density at radius 3 is 2.41 bits per heavy atom. The first-order valence-electron chi connectivity index (χ1n) is 8.40. The van der Waals surface area contributed by atoms with Crippen LogP contribution in [-0.2, 0) is 4.79 Å². The zero-order valence-electron chi connectivity index (χ0n) is 14.8. The second-order valence-electron chi connectivity index (χ2n) is 5.96. The molecule has 3 rings (SSSR count). The van der Waals surface area contributed by atoms with Crippen molar-refractivity contribution in [3.05, 3.63) is 66.9 Å². The molecule has 5 nitrogen and oxygen atoms in total. The van der Waals surface area contributed by atoms with Crippen molar-refractivity contribution in [1.82, 2.24) is 9.55 Å². The largest absolute Gasteiger partial charge is 0.308 e. The first-order chi connectivity index (χ1) is 13.1. The highest BCUT2D eigenvalue weighted by Crippen LogP contribution is 2.30. The summed E-state index contributed by atoms with van der Waals surface area (Å²) < 4.78 is 2.01. The van der Waals surface area contributed by atoms with Crippen molar-refractivity contribution in [2.75, 3.05) is 5.75 Å². The molecular formula is C21H18N4OS. The van der Waals surface area contributed by atoms with Crippen LogP contribution in [0.2, 0.25) is 0 Å². The summed E-state index contributed by atoms with van der Waals surface area (Å²) in [6.07, 6.45) is 1.79. The molecule has 134 valence electrons. The molecule has 1 heterocycles. The summed E-state index contributed by atoms with van der Waals surface area (Å²) in [7, 11) is 0. The average Bonchev–Trinajstić information content (AvgIpc) is 3.12. The minimum atomic E-state index is -0.994. The Balaban J connectivity index is 1.95. The zero-order valence-corrected chi connectivity index (χ0v) is 15.6. The summed E-state index contributed by atoms with van der Waals surface area (Å²) in [6, 6.07) is 21.7. The standard InChI is InChI=1S/C21H18N4OS/c1-15(23)18(12-22)20(26)14-27-21-24-13-19(16-8-4-2-5-9-16)25(21)17-10-6-3-7-11-17/h2-11,13,18,23H,14H2,1H3. The van der Waals surface area contributed by atoms with Gasteiger partial charge in [-0.1, -0.05) is 60.3 Å². The lowest BCUT2D eigenvalue weighted by Crippen LogP contribution is -2.21. The molecule has 0 aliphatic carbocycles. The third kappa shape index (κ3) is 4.15. The van der Waals surface area contributed by atoms with Crippen molar-refractivity contribution in [1.29, 1.82) is 10.7 Å². The van der Waals surface area contributed by atoms with Gasteiger partial charge in [0.25, 0.3) is 0 Å². The maximum atomic E-state index is 12.3. The van der Waals surface area contributed by atoms with Gasteiger partial charge < -0.3 is 5.41 Å². The molecule has 0 saturated carbocycles. The monoisotopic (exact) mass is 374 g/mol. The molecule has 2 aromatic carbocycles. The number of carbonyl (C=O) groups is 1. The molecule has 1 aromatic heterocycles. The van der Waals surface area contributed by atoms with Crippen LogP contribution in [0.1, 0.15) is 6.92 Å². The Bertz CT molecular complexity index is 990. The third-order valence-corrected chi connectivity index (χ3v) is 5.02. The fourth-order valence-corrected chi connectivity index (χ4v) is 3.60. The SMILES string of the molecule is CC(=N)C(C#N)C(=O)CSc1ncc(-c2ccccc2)n1-c1ccccc1. The number of Topliss-reactive ketones (excluding diaryl/α,β-unsaturated/α-hetero) is 1. The Morgan fingerprint density at radius 2 is 1.81 bits per heavy atom. The Labute approximate surface area is 162 Å². The molecule has 0 amide bonds. The molecule has 27 heavy (non-hydrogen) atoms. The van der Waals surface area contributed by atoms with Gasteiger partial charge in [-0.3, -0.25) is 9.36 Å². The second kappa shape index (κ2) is 8.47. The van der Waals surface area contributed by atoms with E-state index in [1.165, 1.54) is 18.7 Å². The number of benzene rings is 2. The van der Waals surface area contributed by atoms with Gasteiger partial charge in [0.1, 0.15) is 5.92 Å². The second-order valence-corrected chi connectivity index (χ2v) is 6.91. The summed E-state index contributed by atoms with van der Waals surface area (Å²) in [5.41, 5.74) is 2.97. The van der Waals surface area contributed by atoms with Crippen LogP contribution in [0, 0.1) is 22.7 Å². The molecule has 0 saturated heterocycles. The number of imidazole rings is 1. The molecule has 6 heteroatoms. The van der Waals surface area contributed by atoms with E-state index in [2.05, 4.69) is 4.98 Å². The molecule has 0 fully saturated rings. The van der Waals surface area contributed by atoms with Crippen LogP contribution < -0.4 is 0 Å². The van der Waals surface area contributed by atoms with Crippen LogP contribution in [0.5, 0.6) is 0 Å². The van der Waals surface area contributed by atoms with E-state index in [9.17, 15) is 4.79 Å². The normalized spacial score (nSPS) is 11.6. The number of hydrogen-bond acceptors (Lipinski definition) is 5. The van der Waals surface area contributed by atoms with Gasteiger partial charge >= 0.3 is 0 Å². The van der Waals surface area contributed by atoms with E-state index in [1.807, 2.05) is 71.3 Å². The van der Waals surface area contributed by atoms with E-state index in [1.54, 1.807) is 6.20 Å². The number of nitriles is 1. The van der Waals surface area contributed by atoms with E-state index in [-0.39, 0.29) is 17.2 Å². The van der Waals surface area contributed by atoms with Gasteiger partial charge in [-0.05, 0) is 19.1 Å². The summed E-state index contributed by atoms with van der Waals surface area (Å²) in [5, 5.41) is 17.4. The topological polar surface area (TPSA) is 82.5 Å². The number of carbonyl (C=O) groups excluding carboxylic acids is 1. The fourth-order valence-electron chi connectivity index (χ4n) is 2.71. The predicted molar refractivity (Wildman–Crippen MR) is 107 cm³/mol. The van der Waals surface area contributed by atoms with Crippen LogP contribution in [-0.4, -0.2) is 26.8 Å². The number of para-hydroxylation sites is 1. The summed E-state index contributed by atoms with van der Waals surface area (Å²) in [4.78, 5) is 16.8. The lowest BCUT2D eigenvalue weighted by molar-refractivity contribution is -0.117. The van der Waals surface area contributed by atoms with Crippen molar-refractivity contribution in [3.8, 4) is 23.0 Å². The van der Waals surface area contributed by atoms with E-state index in [0.29, 0.717) is 5.16 Å². The number of nitrogens with one attached hydrogen (secondary N) is 1. The lowest BCUT2D eigenvalue weighted by atomic mass is 10.0. The van der Waals surface area contributed by atoms with Crippen molar-refractivity contribution in [2.24, 2.45) is 5.92 Å². The number of hydrogen-bond donors (Lipinski definition) is 1.